The number of nitrogens with one attached hydrogen (secondary N) is 1. The summed E-state index contributed by atoms with van der Waals surface area (Å²) < 4.78 is 22.8. The summed E-state index contributed by atoms with van der Waals surface area (Å²) in [7, 11) is -2.75. The lowest BCUT2D eigenvalue weighted by Crippen LogP contribution is -2.40. The smallest absolute Gasteiger partial charge is 0.151 e. The molecule has 0 aromatic rings. The van der Waals surface area contributed by atoms with Crippen molar-refractivity contribution in [3.63, 3.8) is 0 Å². The van der Waals surface area contributed by atoms with Crippen molar-refractivity contribution < 1.29 is 8.42 Å². The Morgan fingerprint density at radius 1 is 1.31 bits per heavy atom. The molecule has 0 spiro atoms. The van der Waals surface area contributed by atoms with Crippen LogP contribution in [0.15, 0.2) is 0 Å². The first-order valence-electron chi connectivity index (χ1n) is 6.43. The summed E-state index contributed by atoms with van der Waals surface area (Å²) in [6.07, 6.45) is 5.51. The maximum absolute atomic E-state index is 11.4. The predicted molar refractivity (Wildman–Crippen MR) is 68.4 cm³/mol. The first-order chi connectivity index (χ1) is 7.49. The van der Waals surface area contributed by atoms with Crippen LogP contribution < -0.4 is 5.32 Å². The molecule has 3 nitrogen and oxygen atoms in total. The normalized spacial score (nSPS) is 24.8. The van der Waals surface area contributed by atoms with Crippen molar-refractivity contribution in [1.82, 2.24) is 5.32 Å². The van der Waals surface area contributed by atoms with E-state index in [4.69, 9.17) is 0 Å². The quantitative estimate of drug-likeness (QED) is 0.730. The predicted octanol–water partition coefficient (Wildman–Crippen LogP) is 1.98. The summed E-state index contributed by atoms with van der Waals surface area (Å²) in [5, 5.41) is 3.37. The van der Waals surface area contributed by atoms with Gasteiger partial charge >= 0.3 is 0 Å². The fourth-order valence-electron chi connectivity index (χ4n) is 2.17. The van der Waals surface area contributed by atoms with Crippen molar-refractivity contribution in [2.24, 2.45) is 5.92 Å². The van der Waals surface area contributed by atoms with Crippen LogP contribution in [0.5, 0.6) is 0 Å². The fraction of sp³-hybridized carbons (Fsp3) is 1.00. The highest BCUT2D eigenvalue weighted by molar-refractivity contribution is 7.91. The van der Waals surface area contributed by atoms with Crippen LogP contribution in [0.1, 0.15) is 46.0 Å². The molecule has 1 N–H and O–H groups in total. The van der Waals surface area contributed by atoms with Gasteiger partial charge in [-0.25, -0.2) is 8.42 Å². The second-order valence-electron chi connectivity index (χ2n) is 5.30. The molecule has 1 aliphatic heterocycles. The Morgan fingerprint density at radius 3 is 2.69 bits per heavy atom. The molecule has 0 aromatic heterocycles. The maximum atomic E-state index is 11.4. The van der Waals surface area contributed by atoms with Crippen LogP contribution in [0.2, 0.25) is 0 Å². The van der Waals surface area contributed by atoms with Crippen molar-refractivity contribution in [2.75, 3.05) is 18.1 Å². The Kier molecular flexibility index (Phi) is 5.76. The van der Waals surface area contributed by atoms with E-state index in [2.05, 4.69) is 19.2 Å². The molecule has 1 atom stereocenters. The molecule has 0 aliphatic carbocycles. The second-order valence-corrected chi connectivity index (χ2v) is 7.53. The molecule has 4 heteroatoms. The van der Waals surface area contributed by atoms with Gasteiger partial charge in [-0.15, -0.1) is 0 Å². The third-order valence-corrected chi connectivity index (χ3v) is 4.93. The summed E-state index contributed by atoms with van der Waals surface area (Å²) >= 11 is 0. The van der Waals surface area contributed by atoms with E-state index < -0.39 is 9.84 Å². The molecule has 1 rings (SSSR count). The Morgan fingerprint density at radius 2 is 2.06 bits per heavy atom. The van der Waals surface area contributed by atoms with Crippen LogP contribution in [0.25, 0.3) is 0 Å². The van der Waals surface area contributed by atoms with Crippen molar-refractivity contribution >= 4 is 9.84 Å². The van der Waals surface area contributed by atoms with Gasteiger partial charge in [0.05, 0.1) is 11.5 Å². The molecule has 0 saturated carbocycles. The molecule has 1 saturated heterocycles. The average Bonchev–Trinajstić information content (AvgIpc) is 2.15. The zero-order valence-corrected chi connectivity index (χ0v) is 11.4. The molecule has 1 heterocycles. The molecule has 0 bridgehead atoms. The van der Waals surface area contributed by atoms with Crippen molar-refractivity contribution in [2.45, 2.75) is 52.0 Å². The van der Waals surface area contributed by atoms with Gasteiger partial charge in [-0.05, 0) is 31.7 Å². The lowest BCUT2D eigenvalue weighted by Gasteiger charge is -2.23. The molecule has 1 unspecified atom stereocenters. The lowest BCUT2D eigenvalue weighted by atomic mass is 10.1. The van der Waals surface area contributed by atoms with Gasteiger partial charge in [0, 0.05) is 6.04 Å². The van der Waals surface area contributed by atoms with Gasteiger partial charge in [-0.2, -0.15) is 0 Å². The zero-order chi connectivity index (χ0) is 12.0. The van der Waals surface area contributed by atoms with E-state index in [1.165, 1.54) is 12.8 Å². The Bertz CT molecular complexity index is 285. The van der Waals surface area contributed by atoms with Crippen LogP contribution in [-0.4, -0.2) is 32.5 Å². The molecule has 1 fully saturated rings. The van der Waals surface area contributed by atoms with E-state index >= 15 is 0 Å². The number of hydrogen-bond acceptors (Lipinski definition) is 3. The highest BCUT2D eigenvalue weighted by atomic mass is 32.2. The minimum Gasteiger partial charge on any atom is -0.313 e. The SMILES string of the molecule is CC(C)CCCCNC1CCCS(=O)(=O)C1. The van der Waals surface area contributed by atoms with Crippen molar-refractivity contribution in [1.29, 1.82) is 0 Å². The molecule has 0 radical (unpaired) electrons. The van der Waals surface area contributed by atoms with E-state index in [1.54, 1.807) is 0 Å². The zero-order valence-electron chi connectivity index (χ0n) is 10.5. The van der Waals surface area contributed by atoms with Gasteiger partial charge in [0.1, 0.15) is 0 Å². The Balaban J connectivity index is 2.09. The third-order valence-electron chi connectivity index (χ3n) is 3.10. The van der Waals surface area contributed by atoms with Gasteiger partial charge in [0.2, 0.25) is 0 Å². The maximum Gasteiger partial charge on any atom is 0.151 e. The molecule has 0 aromatic carbocycles. The number of unbranched alkanes of at least 4 members (excludes halogenated alkanes) is 1. The number of rotatable bonds is 6. The van der Waals surface area contributed by atoms with E-state index in [1.807, 2.05) is 0 Å². The fourth-order valence-corrected chi connectivity index (χ4v) is 3.84. The number of hydrogen-bond donors (Lipinski definition) is 1. The Hall–Kier alpha value is -0.0900. The van der Waals surface area contributed by atoms with Gasteiger partial charge in [0.15, 0.2) is 9.84 Å². The van der Waals surface area contributed by atoms with Crippen LogP contribution in [-0.2, 0) is 9.84 Å². The molecule has 0 amide bonds. The van der Waals surface area contributed by atoms with Gasteiger partial charge < -0.3 is 5.32 Å². The summed E-state index contributed by atoms with van der Waals surface area (Å²) in [5.74, 6) is 1.51. The summed E-state index contributed by atoms with van der Waals surface area (Å²) in [6, 6.07) is 0.206. The van der Waals surface area contributed by atoms with E-state index in [9.17, 15) is 8.42 Å². The lowest BCUT2D eigenvalue weighted by molar-refractivity contribution is 0.459. The molecule has 1 aliphatic rings. The molecule has 96 valence electrons. The highest BCUT2D eigenvalue weighted by Crippen LogP contribution is 2.12. The average molecular weight is 247 g/mol. The molecule has 16 heavy (non-hydrogen) atoms. The van der Waals surface area contributed by atoms with Crippen LogP contribution in [0.3, 0.4) is 0 Å². The van der Waals surface area contributed by atoms with Crippen LogP contribution >= 0.6 is 0 Å². The second kappa shape index (κ2) is 6.60. The van der Waals surface area contributed by atoms with E-state index in [0.29, 0.717) is 11.5 Å². The van der Waals surface area contributed by atoms with E-state index in [-0.39, 0.29) is 6.04 Å². The van der Waals surface area contributed by atoms with E-state index in [0.717, 1.165) is 31.7 Å². The minimum atomic E-state index is -2.75. The third kappa shape index (κ3) is 5.85. The van der Waals surface area contributed by atoms with Crippen molar-refractivity contribution in [3.05, 3.63) is 0 Å². The Labute approximate surface area is 99.9 Å². The topological polar surface area (TPSA) is 46.2 Å². The van der Waals surface area contributed by atoms with Crippen molar-refractivity contribution in [3.8, 4) is 0 Å². The highest BCUT2D eigenvalue weighted by Gasteiger charge is 2.23. The number of sulfone groups is 1. The van der Waals surface area contributed by atoms with Gasteiger partial charge in [-0.3, -0.25) is 0 Å². The van der Waals surface area contributed by atoms with Crippen LogP contribution in [0.4, 0.5) is 0 Å². The molecular formula is C12H25NO2S. The van der Waals surface area contributed by atoms with Gasteiger partial charge in [0.25, 0.3) is 0 Å². The minimum absolute atomic E-state index is 0.206. The van der Waals surface area contributed by atoms with Crippen LogP contribution in [0, 0.1) is 5.92 Å². The summed E-state index contributed by atoms with van der Waals surface area (Å²) in [5.41, 5.74) is 0. The first-order valence-corrected chi connectivity index (χ1v) is 8.25. The molecular weight excluding hydrogens is 222 g/mol. The summed E-state index contributed by atoms with van der Waals surface area (Å²) in [6.45, 7) is 5.44. The van der Waals surface area contributed by atoms with Gasteiger partial charge in [-0.1, -0.05) is 26.7 Å². The monoisotopic (exact) mass is 247 g/mol. The summed E-state index contributed by atoms with van der Waals surface area (Å²) in [4.78, 5) is 0. The first kappa shape index (κ1) is 14.0. The largest absolute Gasteiger partial charge is 0.313 e. The standard InChI is InChI=1S/C12H25NO2S/c1-11(2)6-3-4-8-13-12-7-5-9-16(14,15)10-12/h11-13H,3-10H2,1-2H3.